The zero-order valence-corrected chi connectivity index (χ0v) is 12.4. The van der Waals surface area contributed by atoms with E-state index in [1.807, 2.05) is 32.0 Å². The van der Waals surface area contributed by atoms with Crippen molar-refractivity contribution < 1.29 is 4.79 Å². The van der Waals surface area contributed by atoms with Gasteiger partial charge in [0.25, 0.3) is 5.91 Å². The average molecular weight is 271 g/mol. The van der Waals surface area contributed by atoms with E-state index in [2.05, 4.69) is 36.0 Å². The summed E-state index contributed by atoms with van der Waals surface area (Å²) < 4.78 is 2.11. The maximum absolute atomic E-state index is 11.8. The second kappa shape index (κ2) is 5.51. The summed E-state index contributed by atoms with van der Waals surface area (Å²) >= 11 is 0. The fourth-order valence-electron chi connectivity index (χ4n) is 2.62. The van der Waals surface area contributed by atoms with Gasteiger partial charge in [-0.1, -0.05) is 32.0 Å². The first-order valence-electron chi connectivity index (χ1n) is 6.76. The van der Waals surface area contributed by atoms with Gasteiger partial charge in [-0.15, -0.1) is 0 Å². The van der Waals surface area contributed by atoms with Crippen molar-refractivity contribution in [2.24, 2.45) is 5.84 Å². The molecule has 2 aromatic rings. The Hall–Kier alpha value is -2.07. The molecule has 4 heteroatoms. The average Bonchev–Trinajstić information content (AvgIpc) is 2.73. The predicted molar refractivity (Wildman–Crippen MR) is 81.0 cm³/mol. The Morgan fingerprint density at radius 1 is 1.25 bits per heavy atom. The molecule has 0 saturated heterocycles. The number of carbonyl (C=O) groups is 1. The van der Waals surface area contributed by atoms with Gasteiger partial charge in [0.05, 0.1) is 5.56 Å². The summed E-state index contributed by atoms with van der Waals surface area (Å²) in [4.78, 5) is 11.8. The minimum Gasteiger partial charge on any atom is -0.317 e. The Morgan fingerprint density at radius 2 is 1.90 bits per heavy atom. The van der Waals surface area contributed by atoms with Crippen LogP contribution in [0, 0.1) is 13.8 Å². The molecule has 20 heavy (non-hydrogen) atoms. The van der Waals surface area contributed by atoms with Crippen molar-refractivity contribution >= 4 is 5.91 Å². The third-order valence-electron chi connectivity index (χ3n) is 3.61. The van der Waals surface area contributed by atoms with Crippen LogP contribution >= 0.6 is 0 Å². The Bertz CT molecular complexity index is 641. The van der Waals surface area contributed by atoms with E-state index in [4.69, 9.17) is 5.84 Å². The number of carbonyl (C=O) groups excluding carboxylic acids is 1. The highest BCUT2D eigenvalue weighted by Gasteiger charge is 2.18. The van der Waals surface area contributed by atoms with Crippen LogP contribution in [-0.2, 0) is 0 Å². The second-order valence-corrected chi connectivity index (χ2v) is 5.31. The third kappa shape index (κ3) is 2.34. The first-order valence-corrected chi connectivity index (χ1v) is 6.76. The molecule has 1 amide bonds. The van der Waals surface area contributed by atoms with Crippen molar-refractivity contribution in [1.82, 2.24) is 9.99 Å². The fourth-order valence-corrected chi connectivity index (χ4v) is 2.62. The Morgan fingerprint density at radius 3 is 2.50 bits per heavy atom. The molecule has 0 aliphatic heterocycles. The molecule has 1 aromatic heterocycles. The van der Waals surface area contributed by atoms with Gasteiger partial charge < -0.3 is 4.57 Å². The number of hydrogen-bond donors (Lipinski definition) is 2. The number of nitrogens with zero attached hydrogens (tertiary/aromatic N) is 1. The monoisotopic (exact) mass is 271 g/mol. The van der Waals surface area contributed by atoms with E-state index in [9.17, 15) is 4.79 Å². The van der Waals surface area contributed by atoms with E-state index in [0.717, 1.165) is 17.1 Å². The highest BCUT2D eigenvalue weighted by atomic mass is 16.2. The normalized spacial score (nSPS) is 10.9. The molecule has 0 atom stereocenters. The number of aromatic nitrogens is 1. The van der Waals surface area contributed by atoms with Crippen LogP contribution in [0.15, 0.2) is 30.3 Å². The van der Waals surface area contributed by atoms with Crippen LogP contribution in [0.2, 0.25) is 0 Å². The lowest BCUT2D eigenvalue weighted by atomic mass is 10.0. The molecule has 0 aliphatic rings. The smallest absolute Gasteiger partial charge is 0.267 e. The quantitative estimate of drug-likeness (QED) is 0.512. The zero-order chi connectivity index (χ0) is 14.9. The van der Waals surface area contributed by atoms with Crippen LogP contribution in [0.5, 0.6) is 0 Å². The van der Waals surface area contributed by atoms with Crippen molar-refractivity contribution in [2.45, 2.75) is 33.6 Å². The topological polar surface area (TPSA) is 60.1 Å². The summed E-state index contributed by atoms with van der Waals surface area (Å²) in [7, 11) is 0. The highest BCUT2D eigenvalue weighted by molar-refractivity contribution is 5.95. The molecule has 0 fully saturated rings. The van der Waals surface area contributed by atoms with E-state index in [-0.39, 0.29) is 5.91 Å². The number of hydrogen-bond acceptors (Lipinski definition) is 2. The first kappa shape index (κ1) is 14.3. The third-order valence-corrected chi connectivity index (χ3v) is 3.61. The SMILES string of the molecule is Cc1cc(C(=O)NN)c(C)n1-c1ccccc1C(C)C. The molecule has 2 rings (SSSR count). The molecule has 1 aromatic carbocycles. The number of benzene rings is 1. The Labute approximate surface area is 119 Å². The predicted octanol–water partition coefficient (Wildman–Crippen LogP) is 2.82. The number of amides is 1. The van der Waals surface area contributed by atoms with Crippen LogP contribution in [-0.4, -0.2) is 10.5 Å². The standard InChI is InChI=1S/C16H21N3O/c1-10(2)13-7-5-6-8-15(13)19-11(3)9-14(12(19)4)16(20)18-17/h5-10H,17H2,1-4H3,(H,18,20). The van der Waals surface area contributed by atoms with Crippen LogP contribution in [0.3, 0.4) is 0 Å². The van der Waals surface area contributed by atoms with Gasteiger partial charge in [0.2, 0.25) is 0 Å². The van der Waals surface area contributed by atoms with Gasteiger partial charge in [0.1, 0.15) is 0 Å². The lowest BCUT2D eigenvalue weighted by Crippen LogP contribution is -2.30. The number of nitrogen functional groups attached to an aromatic ring is 1. The Balaban J connectivity index is 2.65. The summed E-state index contributed by atoms with van der Waals surface area (Å²) in [5, 5.41) is 0. The molecular weight excluding hydrogens is 250 g/mol. The first-order chi connectivity index (χ1) is 9.47. The van der Waals surface area contributed by atoms with E-state index in [0.29, 0.717) is 11.5 Å². The molecule has 0 spiro atoms. The molecule has 1 heterocycles. The van der Waals surface area contributed by atoms with Crippen molar-refractivity contribution in [3.05, 3.63) is 52.8 Å². The molecule has 0 aliphatic carbocycles. The van der Waals surface area contributed by atoms with Crippen molar-refractivity contribution in [2.75, 3.05) is 0 Å². The summed E-state index contributed by atoms with van der Waals surface area (Å²) in [5.74, 6) is 5.40. The van der Waals surface area contributed by atoms with Crippen molar-refractivity contribution in [3.8, 4) is 5.69 Å². The summed E-state index contributed by atoms with van der Waals surface area (Å²) in [5.41, 5.74) is 7.11. The molecule has 3 N–H and O–H groups in total. The van der Waals surface area contributed by atoms with E-state index in [1.54, 1.807) is 0 Å². The van der Waals surface area contributed by atoms with Crippen molar-refractivity contribution in [1.29, 1.82) is 0 Å². The van der Waals surface area contributed by atoms with Gasteiger partial charge in [-0.05, 0) is 37.5 Å². The summed E-state index contributed by atoms with van der Waals surface area (Å²) in [6.45, 7) is 8.27. The molecule has 0 saturated carbocycles. The number of hydrazine groups is 1. The molecular formula is C16H21N3O. The van der Waals surface area contributed by atoms with Gasteiger partial charge in [0, 0.05) is 17.1 Å². The van der Waals surface area contributed by atoms with Gasteiger partial charge in [-0.2, -0.15) is 0 Å². The van der Waals surface area contributed by atoms with Crippen LogP contribution < -0.4 is 11.3 Å². The fraction of sp³-hybridized carbons (Fsp3) is 0.312. The van der Waals surface area contributed by atoms with Crippen molar-refractivity contribution in [3.63, 3.8) is 0 Å². The van der Waals surface area contributed by atoms with Gasteiger partial charge >= 0.3 is 0 Å². The largest absolute Gasteiger partial charge is 0.317 e. The van der Waals surface area contributed by atoms with E-state index in [1.165, 1.54) is 5.56 Å². The number of aryl methyl sites for hydroxylation is 1. The summed E-state index contributed by atoms with van der Waals surface area (Å²) in [6.07, 6.45) is 0. The molecule has 0 bridgehead atoms. The number of para-hydroxylation sites is 1. The number of rotatable bonds is 3. The Kier molecular flexibility index (Phi) is 3.95. The zero-order valence-electron chi connectivity index (χ0n) is 12.4. The number of nitrogens with one attached hydrogen (secondary N) is 1. The van der Waals surface area contributed by atoms with Crippen LogP contribution in [0.4, 0.5) is 0 Å². The highest BCUT2D eigenvalue weighted by Crippen LogP contribution is 2.27. The van der Waals surface area contributed by atoms with Crippen LogP contribution in [0.25, 0.3) is 5.69 Å². The van der Waals surface area contributed by atoms with Gasteiger partial charge in [-0.3, -0.25) is 10.2 Å². The lowest BCUT2D eigenvalue weighted by molar-refractivity contribution is 0.0953. The van der Waals surface area contributed by atoms with Gasteiger partial charge in [0.15, 0.2) is 0 Å². The van der Waals surface area contributed by atoms with E-state index >= 15 is 0 Å². The maximum Gasteiger partial charge on any atom is 0.267 e. The number of nitrogens with two attached hydrogens (primary N) is 1. The minimum atomic E-state index is -0.258. The van der Waals surface area contributed by atoms with Crippen LogP contribution in [0.1, 0.15) is 47.1 Å². The molecule has 4 nitrogen and oxygen atoms in total. The minimum absolute atomic E-state index is 0.258. The lowest BCUT2D eigenvalue weighted by Gasteiger charge is -2.17. The van der Waals surface area contributed by atoms with E-state index < -0.39 is 0 Å². The maximum atomic E-state index is 11.8. The summed E-state index contributed by atoms with van der Waals surface area (Å²) in [6, 6.07) is 10.1. The molecule has 0 radical (unpaired) electrons. The second-order valence-electron chi connectivity index (χ2n) is 5.31. The molecule has 106 valence electrons. The van der Waals surface area contributed by atoms with Gasteiger partial charge in [-0.25, -0.2) is 5.84 Å². The molecule has 0 unspecified atom stereocenters.